The first-order chi connectivity index (χ1) is 11.3. The normalized spacial score (nSPS) is 16.4. The molecule has 1 fully saturated rings. The smallest absolute Gasteiger partial charge is 0.191 e. The van der Waals surface area contributed by atoms with Gasteiger partial charge >= 0.3 is 0 Å². The second-order valence-corrected chi connectivity index (χ2v) is 8.98. The second kappa shape index (κ2) is 12.3. The second-order valence-electron chi connectivity index (χ2n) is 6.84. The van der Waals surface area contributed by atoms with Crippen LogP contribution in [0.4, 0.5) is 0 Å². The molecular weight excluding hydrogens is 455 g/mol. The van der Waals surface area contributed by atoms with E-state index in [4.69, 9.17) is 4.74 Å². The Morgan fingerprint density at radius 3 is 2.48 bits per heavy atom. The van der Waals surface area contributed by atoms with Crippen molar-refractivity contribution < 1.29 is 13.2 Å². The Morgan fingerprint density at radius 2 is 1.96 bits per heavy atom. The molecule has 1 aliphatic rings. The molecule has 0 bridgehead atoms. The van der Waals surface area contributed by atoms with E-state index in [2.05, 4.69) is 27.6 Å². The number of likely N-dealkylation sites (N-methyl/N-ethyl adjacent to an activating group) is 1. The first-order valence-electron chi connectivity index (χ1n) is 8.68. The van der Waals surface area contributed by atoms with Crippen molar-refractivity contribution in [2.45, 2.75) is 26.2 Å². The number of guanidine groups is 1. The van der Waals surface area contributed by atoms with Crippen molar-refractivity contribution in [2.75, 3.05) is 65.5 Å². The van der Waals surface area contributed by atoms with Crippen LogP contribution in [0.15, 0.2) is 4.99 Å². The van der Waals surface area contributed by atoms with Crippen LogP contribution in [0, 0.1) is 5.41 Å². The van der Waals surface area contributed by atoms with Gasteiger partial charge in [-0.05, 0) is 33.2 Å². The zero-order valence-electron chi connectivity index (χ0n) is 16.0. The van der Waals surface area contributed by atoms with Crippen molar-refractivity contribution in [1.82, 2.24) is 15.5 Å². The Balaban J connectivity index is 0.00000576. The molecule has 0 aromatic carbocycles. The molecular formula is C16H35IN4O3S. The van der Waals surface area contributed by atoms with E-state index in [9.17, 15) is 8.42 Å². The Bertz CT molecular complexity index is 496. The quantitative estimate of drug-likeness (QED) is 0.184. The minimum absolute atomic E-state index is 0. The van der Waals surface area contributed by atoms with Gasteiger partial charge in [-0.15, -0.1) is 24.0 Å². The lowest BCUT2D eigenvalue weighted by Crippen LogP contribution is -2.41. The third kappa shape index (κ3) is 12.0. The van der Waals surface area contributed by atoms with Crippen molar-refractivity contribution in [1.29, 1.82) is 0 Å². The maximum Gasteiger partial charge on any atom is 0.191 e. The lowest BCUT2D eigenvalue weighted by Gasteiger charge is -2.18. The number of halogens is 1. The maximum absolute atomic E-state index is 11.5. The lowest BCUT2D eigenvalue weighted by molar-refractivity contribution is 0.180. The van der Waals surface area contributed by atoms with E-state index >= 15 is 0 Å². The summed E-state index contributed by atoms with van der Waals surface area (Å²) in [6.07, 6.45) is 4.23. The molecule has 150 valence electrons. The van der Waals surface area contributed by atoms with Crippen LogP contribution in [-0.2, 0) is 14.6 Å². The van der Waals surface area contributed by atoms with Crippen molar-refractivity contribution in [3.63, 3.8) is 0 Å². The van der Waals surface area contributed by atoms with Crippen molar-refractivity contribution in [3.8, 4) is 0 Å². The van der Waals surface area contributed by atoms with E-state index in [-0.39, 0.29) is 35.1 Å². The number of ether oxygens (including phenoxy) is 1. The number of methoxy groups -OCH3 is 1. The predicted octanol–water partition coefficient (Wildman–Crippen LogP) is 0.953. The third-order valence-corrected chi connectivity index (χ3v) is 5.25. The summed E-state index contributed by atoms with van der Waals surface area (Å²) in [4.78, 5) is 6.85. The summed E-state index contributed by atoms with van der Waals surface area (Å²) in [6, 6.07) is 0. The minimum atomic E-state index is -2.95. The van der Waals surface area contributed by atoms with Crippen LogP contribution >= 0.6 is 24.0 Å². The Labute approximate surface area is 170 Å². The van der Waals surface area contributed by atoms with E-state index in [0.717, 1.165) is 58.0 Å². The van der Waals surface area contributed by atoms with Gasteiger partial charge in [0, 0.05) is 58.1 Å². The highest BCUT2D eigenvalue weighted by Crippen LogP contribution is 2.46. The molecule has 0 aromatic rings. The molecule has 1 saturated carbocycles. The van der Waals surface area contributed by atoms with Gasteiger partial charge in [-0.1, -0.05) is 0 Å². The number of sulfone groups is 1. The monoisotopic (exact) mass is 490 g/mol. The van der Waals surface area contributed by atoms with Crippen LogP contribution in [0.25, 0.3) is 0 Å². The topological polar surface area (TPSA) is 83.0 Å². The van der Waals surface area contributed by atoms with Gasteiger partial charge in [0.1, 0.15) is 9.84 Å². The maximum atomic E-state index is 11.5. The summed E-state index contributed by atoms with van der Waals surface area (Å²) in [5, 5.41) is 6.54. The van der Waals surface area contributed by atoms with Crippen LogP contribution in [0.3, 0.4) is 0 Å². The molecule has 1 rings (SSSR count). The van der Waals surface area contributed by atoms with Gasteiger partial charge in [0.05, 0.1) is 5.75 Å². The lowest BCUT2D eigenvalue weighted by atomic mass is 10.1. The Morgan fingerprint density at radius 1 is 1.28 bits per heavy atom. The van der Waals surface area contributed by atoms with E-state index in [1.54, 1.807) is 7.11 Å². The predicted molar refractivity (Wildman–Crippen MR) is 115 cm³/mol. The zero-order valence-corrected chi connectivity index (χ0v) is 19.2. The molecule has 1 aliphatic carbocycles. The largest absolute Gasteiger partial charge is 0.385 e. The molecule has 0 aliphatic heterocycles. The fourth-order valence-electron chi connectivity index (χ4n) is 2.63. The van der Waals surface area contributed by atoms with Gasteiger partial charge in [0.25, 0.3) is 0 Å². The highest BCUT2D eigenvalue weighted by molar-refractivity contribution is 14.0. The molecule has 2 N–H and O–H groups in total. The first-order valence-corrected chi connectivity index (χ1v) is 10.7. The molecule has 0 radical (unpaired) electrons. The van der Waals surface area contributed by atoms with Crippen LogP contribution in [-0.4, -0.2) is 84.8 Å². The fourth-order valence-corrected chi connectivity index (χ4v) is 4.12. The standard InChI is InChI=1S/C16H34N4O3S.HI/c1-5-17-15(18-9-11-20(2)10-6-12-23-3)19-13-16(7-8-16)14-24(4,21)22;/h5-14H2,1-4H3,(H2,17,18,19);1H. The number of hydrogen-bond donors (Lipinski definition) is 2. The molecule has 9 heteroatoms. The van der Waals surface area contributed by atoms with E-state index in [1.807, 2.05) is 6.92 Å². The van der Waals surface area contributed by atoms with Gasteiger partial charge in [0.15, 0.2) is 5.96 Å². The Hall–Kier alpha value is -0.130. The minimum Gasteiger partial charge on any atom is -0.385 e. The van der Waals surface area contributed by atoms with Crippen LogP contribution in [0.2, 0.25) is 0 Å². The molecule has 0 spiro atoms. The van der Waals surface area contributed by atoms with Gasteiger partial charge in [0.2, 0.25) is 0 Å². The molecule has 0 amide bonds. The average Bonchev–Trinajstić information content (AvgIpc) is 3.23. The summed E-state index contributed by atoms with van der Waals surface area (Å²) in [6.45, 7) is 6.88. The summed E-state index contributed by atoms with van der Waals surface area (Å²) in [5.41, 5.74) is -0.132. The number of aliphatic imine (C=N–C) groups is 1. The van der Waals surface area contributed by atoms with Crippen molar-refractivity contribution >= 4 is 39.8 Å². The van der Waals surface area contributed by atoms with Crippen LogP contribution in [0.5, 0.6) is 0 Å². The third-order valence-electron chi connectivity index (χ3n) is 4.12. The zero-order chi connectivity index (χ0) is 18.1. The SMILES string of the molecule is CCNC(=NCC1(CS(C)(=O)=O)CC1)NCCN(C)CCCOC.I. The van der Waals surface area contributed by atoms with Gasteiger partial charge in [-0.25, -0.2) is 8.42 Å². The first kappa shape index (κ1) is 24.9. The van der Waals surface area contributed by atoms with Gasteiger partial charge in [-0.3, -0.25) is 4.99 Å². The molecule has 0 aromatic heterocycles. The van der Waals surface area contributed by atoms with E-state index < -0.39 is 9.84 Å². The molecule has 0 heterocycles. The Kier molecular flexibility index (Phi) is 12.2. The van der Waals surface area contributed by atoms with E-state index in [1.165, 1.54) is 6.26 Å². The van der Waals surface area contributed by atoms with Gasteiger partial charge in [-0.2, -0.15) is 0 Å². The summed E-state index contributed by atoms with van der Waals surface area (Å²) >= 11 is 0. The van der Waals surface area contributed by atoms with E-state index in [0.29, 0.717) is 6.54 Å². The summed E-state index contributed by atoms with van der Waals surface area (Å²) in [7, 11) is 0.864. The number of nitrogens with one attached hydrogen (secondary N) is 2. The van der Waals surface area contributed by atoms with Crippen molar-refractivity contribution in [2.24, 2.45) is 10.4 Å². The number of nitrogens with zero attached hydrogens (tertiary/aromatic N) is 2. The summed E-state index contributed by atoms with van der Waals surface area (Å²) in [5.74, 6) is 1.01. The number of hydrogen-bond acceptors (Lipinski definition) is 5. The van der Waals surface area contributed by atoms with Crippen molar-refractivity contribution in [3.05, 3.63) is 0 Å². The average molecular weight is 490 g/mol. The molecule has 25 heavy (non-hydrogen) atoms. The fraction of sp³-hybridized carbons (Fsp3) is 0.938. The van der Waals surface area contributed by atoms with Crippen LogP contribution in [0.1, 0.15) is 26.2 Å². The van der Waals surface area contributed by atoms with Gasteiger partial charge < -0.3 is 20.3 Å². The number of rotatable bonds is 12. The molecule has 0 atom stereocenters. The highest BCUT2D eigenvalue weighted by atomic mass is 127. The van der Waals surface area contributed by atoms with Crippen LogP contribution < -0.4 is 10.6 Å². The highest BCUT2D eigenvalue weighted by Gasteiger charge is 2.45. The summed E-state index contributed by atoms with van der Waals surface area (Å²) < 4.78 is 28.1. The molecule has 7 nitrogen and oxygen atoms in total. The molecule has 0 unspecified atom stereocenters. The molecule has 0 saturated heterocycles.